The van der Waals surface area contributed by atoms with Gasteiger partial charge in [-0.3, -0.25) is 93.6 Å². The number of nitrogens with one attached hydrogen (secondary N) is 18. The summed E-state index contributed by atoms with van der Waals surface area (Å²) in [5.74, 6) is -0.0720. The van der Waals surface area contributed by atoms with Gasteiger partial charge in [-0.2, -0.15) is 0 Å². The molecule has 135 heavy (non-hydrogen) atoms. The minimum absolute atomic E-state index is 0.00409. The Labute approximate surface area is 860 Å². The molecule has 36 N–H and O–H groups in total. The molecule has 0 aliphatic rings. The number of nitrogens with zero attached hydrogens (tertiary/aromatic N) is 9. The van der Waals surface area contributed by atoms with Crippen LogP contribution in [-0.4, -0.2) is 165 Å². The Hall–Kier alpha value is -16.6. The fraction of sp³-hybridized carbons (Fsp3) is 0.273. The molecule has 0 heterocycles. The van der Waals surface area contributed by atoms with Crippen LogP contribution in [0.15, 0.2) is 317 Å². The van der Waals surface area contributed by atoms with Gasteiger partial charge in [-0.15, -0.1) is 0 Å². The molecule has 0 aromatic heterocycles. The van der Waals surface area contributed by atoms with E-state index in [1.165, 1.54) is 135 Å². The van der Waals surface area contributed by atoms with Crippen LogP contribution < -0.4 is 99.5 Å². The van der Waals surface area contributed by atoms with Gasteiger partial charge >= 0.3 is 0 Å². The molecule has 0 amide bonds. The van der Waals surface area contributed by atoms with Crippen molar-refractivity contribution < 1.29 is 61.7 Å². The van der Waals surface area contributed by atoms with Crippen LogP contribution in [0.1, 0.15) is 174 Å². The highest BCUT2D eigenvalue weighted by molar-refractivity contribution is 6.00. The van der Waals surface area contributed by atoms with E-state index < -0.39 is 84.0 Å². The molecule has 0 saturated carbocycles. The maximum absolute atomic E-state index is 7.91. The predicted molar refractivity (Wildman–Crippen MR) is 569 cm³/mol. The van der Waals surface area contributed by atoms with Crippen molar-refractivity contribution in [3.63, 3.8) is 0 Å². The lowest BCUT2D eigenvalue weighted by molar-refractivity contribution is 0.955. The first kappa shape index (κ1) is 61.2. The van der Waals surface area contributed by atoms with E-state index in [0.717, 1.165) is 6.07 Å². The second-order valence-electron chi connectivity index (χ2n) is 25.1. The summed E-state index contributed by atoms with van der Waals surface area (Å²) in [6.45, 7) is 4.87. The van der Waals surface area contributed by atoms with E-state index in [-0.39, 0.29) is 371 Å². The fourth-order valence-corrected chi connectivity index (χ4v) is 7.75. The Morgan fingerprint density at radius 3 is 0.763 bits per heavy atom. The number of guanidine groups is 9. The third-order valence-electron chi connectivity index (χ3n) is 12.9. The van der Waals surface area contributed by atoms with Crippen LogP contribution in [0.5, 0.6) is 0 Å². The molecule has 9 aromatic carbocycles. The monoisotopic (exact) mass is 1880 g/mol. The number of aryl methyl sites for hydroxylation is 5. The van der Waals surface area contributed by atoms with E-state index in [4.69, 9.17) is 162 Å². The summed E-state index contributed by atoms with van der Waals surface area (Å²) in [4.78, 5) is 34.0. The first-order chi connectivity index (χ1) is 83.0. The van der Waals surface area contributed by atoms with Gasteiger partial charge in [-0.05, 0) is 170 Å². The first-order valence-electron chi connectivity index (χ1n) is 62.5. The summed E-state index contributed by atoms with van der Waals surface area (Å²) in [5.41, 5.74) is 50.9. The summed E-state index contributed by atoms with van der Waals surface area (Å²) in [5, 5.41) is 86.4. The lowest BCUT2D eigenvalue weighted by Crippen LogP contribution is -2.35. The number of hydrogen-bond donors (Lipinski definition) is 27. The molecule has 9 aromatic rings. The lowest BCUT2D eigenvalue weighted by atomic mass is 10.2. The van der Waals surface area contributed by atoms with Crippen molar-refractivity contribution in [2.75, 3.05) is 58.7 Å². The van der Waals surface area contributed by atoms with Crippen molar-refractivity contribution in [2.24, 2.45) is 96.5 Å². The van der Waals surface area contributed by atoms with E-state index in [1.807, 2.05) is 0 Å². The van der Waals surface area contributed by atoms with Crippen LogP contribution in [-0.2, 0) is 57.6 Å². The Kier molecular flexibility index (Phi) is 34.1. The highest BCUT2D eigenvalue weighted by Gasteiger charge is 2.03. The van der Waals surface area contributed by atoms with Crippen molar-refractivity contribution in [2.45, 2.75) is 120 Å². The minimum atomic E-state index is -1.33. The number of rotatable bonds is 27. The van der Waals surface area contributed by atoms with Crippen molar-refractivity contribution >= 4 is 106 Å². The van der Waals surface area contributed by atoms with E-state index in [1.54, 1.807) is 0 Å². The molecule has 13 atom stereocenters. The van der Waals surface area contributed by atoms with Gasteiger partial charge in [0.15, 0.2) is 53.6 Å². The molecule has 0 aliphatic carbocycles. The van der Waals surface area contributed by atoms with Crippen molar-refractivity contribution in [1.82, 2.24) is 47.9 Å². The molecular formula is C99H144N36. The van der Waals surface area contributed by atoms with E-state index >= 15 is 0 Å². The molecule has 0 fully saturated rings. The summed E-state index contributed by atoms with van der Waals surface area (Å²) in [6.07, 6.45) is -6.79. The predicted octanol–water partition coefficient (Wildman–Crippen LogP) is 10.2. The van der Waals surface area contributed by atoms with Crippen LogP contribution in [0.4, 0.5) is 0 Å². The average molecular weight is 1880 g/mol. The standard InChI is InChI=1S/9C11H16N4/c9*1-9(12)15-11(13)14-8-7-10-5-3-2-4-6-10/h9*2-6H,7-8H2,1H3,(H4,12,13,14,15)/i2D,5D,6D,7D,8D;2D,3D,6D,7D,8D;2D,3D,5D,7D,8D;2D,3D,5D,6D,8D;2D,3D,5D,6D,7D;2D,3D,4D,7D,8D;2*2D,3D,4D,5D,8D;2D,3D,4D,5D,7D. The van der Waals surface area contributed by atoms with Gasteiger partial charge in [-0.1, -0.05) is 272 Å². The van der Waals surface area contributed by atoms with Crippen LogP contribution in [0.2, 0.25) is 0 Å². The maximum atomic E-state index is 7.91. The molecule has 0 bridgehead atoms. The second kappa shape index (κ2) is 75.3. The van der Waals surface area contributed by atoms with Crippen LogP contribution >= 0.6 is 0 Å². The van der Waals surface area contributed by atoms with E-state index in [0.29, 0.717) is 11.1 Å². The van der Waals surface area contributed by atoms with Gasteiger partial charge in [-0.25, -0.2) is 0 Å². The molecule has 0 radical (unpaired) electrons. The quantitative estimate of drug-likeness (QED) is 0.0168. The topological polar surface area (TPSA) is 668 Å². The van der Waals surface area contributed by atoms with E-state index in [9.17, 15) is 0 Å². The molecule has 0 spiro atoms. The number of amidine groups is 9. The number of benzene rings is 9. The van der Waals surface area contributed by atoms with Crippen molar-refractivity contribution in [3.8, 4) is 0 Å². The summed E-state index contributed by atoms with van der Waals surface area (Å²) in [7, 11) is 0. The Morgan fingerprint density at radius 1 is 0.207 bits per heavy atom. The average Bonchev–Trinajstić information content (AvgIpc) is 0.811. The van der Waals surface area contributed by atoms with Crippen LogP contribution in [0.25, 0.3) is 0 Å². The third-order valence-corrected chi connectivity index (χ3v) is 12.9. The van der Waals surface area contributed by atoms with Crippen molar-refractivity contribution in [3.05, 3.63) is 322 Å². The van der Waals surface area contributed by atoms with Gasteiger partial charge < -0.3 is 99.5 Å². The molecule has 36 nitrogen and oxygen atoms in total. The van der Waals surface area contributed by atoms with E-state index in [2.05, 4.69) is 92.8 Å². The molecule has 13 unspecified atom stereocenters. The second-order valence-corrected chi connectivity index (χ2v) is 25.1. The SMILES string of the molecule is [2H]c1cc(C([2H])C([2H])N=C(N)NC(C)=N)cc([2H])c1[2H].[2H]c1cc(C([2H])CN=C(N)NC(C)=N)c([2H])c([2H])c1[2H].[2H]c1cc(CC([2H])N=C(N)NC(C)=N)c([2H])c([2H])c1[2H].[2H]c1cc(CC([2H])N=C(N)NC(C)=N)c([2H])c([2H])c1[2H].[2H]c1cc([2H])c(C([2H])C([2H])N=C(N)NC(C)=N)c([2H])c1.[2H]c1cc([2H])c(C([2H])C([2H])N=C(N)NC(C)=N)cc1[2H].[2H]c1cc([2H])c(C([2H])CN=C(N)NC(C)=N)c([2H])c1[2H].[2H]c1cc([2H])c(CC([2H])N=C(N)NC(C)=N)c([2H])c1[2H].[2H]c1ccc(C([2H])C([2H])N=C(N)NC(C)=N)c([2H])c1[2H]. The molecule has 720 valence electrons. The Balaban J connectivity index is 0.00000101. The van der Waals surface area contributed by atoms with Gasteiger partial charge in [0, 0.05) is 67.0 Å². The summed E-state index contributed by atoms with van der Waals surface area (Å²) >= 11 is 0. The number of aliphatic imine (C=N–C) groups is 9. The van der Waals surface area contributed by atoms with Gasteiger partial charge in [0.25, 0.3) is 0 Å². The zero-order valence-corrected chi connectivity index (χ0v) is 75.3. The highest BCUT2D eigenvalue weighted by atomic mass is 15.2. The first-order valence-corrected chi connectivity index (χ1v) is 39.0. The zero-order valence-electron chi connectivity index (χ0n) is 120. The number of nitrogens with two attached hydrogens (primary N) is 9. The van der Waals surface area contributed by atoms with Gasteiger partial charge in [0.05, 0.1) is 106 Å². The minimum Gasteiger partial charge on any atom is -0.370 e. The summed E-state index contributed by atoms with van der Waals surface area (Å²) < 4.78 is 344. The maximum Gasteiger partial charge on any atom is 0.194 e. The third kappa shape index (κ3) is 74.0. The highest BCUT2D eigenvalue weighted by Crippen LogP contribution is 2.07. The van der Waals surface area contributed by atoms with Gasteiger partial charge in [0.2, 0.25) is 0 Å². The van der Waals surface area contributed by atoms with Crippen molar-refractivity contribution in [1.29, 1.82) is 48.7 Å². The molecular weight excluding hydrogens is 1690 g/mol. The smallest absolute Gasteiger partial charge is 0.194 e. The Bertz CT molecular complexity index is 7600. The molecule has 36 heteroatoms. The largest absolute Gasteiger partial charge is 0.370 e. The normalized spacial score (nSPS) is 18.9. The molecule has 0 saturated heterocycles. The van der Waals surface area contributed by atoms with Crippen LogP contribution in [0.3, 0.4) is 0 Å². The van der Waals surface area contributed by atoms with Crippen LogP contribution in [0, 0.1) is 48.7 Å². The number of hydrogen-bond acceptors (Lipinski definition) is 18. The Morgan fingerprint density at radius 2 is 0.407 bits per heavy atom. The summed E-state index contributed by atoms with van der Waals surface area (Å²) in [6, 6.07) is 9.80. The molecule has 9 rings (SSSR count). The zero-order chi connectivity index (χ0) is 139. The van der Waals surface area contributed by atoms with Gasteiger partial charge in [0.1, 0.15) is 0 Å². The molecule has 0 aliphatic heterocycles. The lowest BCUT2D eigenvalue weighted by Gasteiger charge is -2.02. The fourth-order valence-electron chi connectivity index (χ4n) is 7.75.